The number of hydrogen-bond donors (Lipinski definition) is 3. The number of aliphatic carboxylic acids is 2. The van der Waals surface area contributed by atoms with Crippen LogP contribution in [0.1, 0.15) is 59.1 Å². The Morgan fingerprint density at radius 2 is 1.72 bits per heavy atom. The second kappa shape index (κ2) is 14.4. The number of thioether (sulfide) groups is 1. The average molecular weight is 711 g/mol. The van der Waals surface area contributed by atoms with Gasteiger partial charge in [-0.1, -0.05) is 12.2 Å². The topological polar surface area (TPSA) is 188 Å². The van der Waals surface area contributed by atoms with Crippen LogP contribution in [0.25, 0.3) is 5.00 Å². The van der Waals surface area contributed by atoms with Crippen LogP contribution in [0.3, 0.4) is 0 Å². The molecule has 0 spiro atoms. The van der Waals surface area contributed by atoms with Crippen LogP contribution in [0, 0.1) is 23.7 Å². The second-order valence-corrected chi connectivity index (χ2v) is 14.6. The van der Waals surface area contributed by atoms with E-state index in [1.807, 2.05) is 11.5 Å². The van der Waals surface area contributed by atoms with Crippen LogP contribution in [0.15, 0.2) is 10.5 Å². The normalized spacial score (nSPS) is 24.2. The first-order chi connectivity index (χ1) is 22.2. The van der Waals surface area contributed by atoms with Crippen LogP contribution in [0.4, 0.5) is 0 Å². The van der Waals surface area contributed by atoms with Crippen LogP contribution < -0.4 is 5.32 Å². The van der Waals surface area contributed by atoms with Crippen LogP contribution in [0.5, 0.6) is 0 Å². The number of thiocarbonyl (C=S) groups is 1. The third-order valence-electron chi connectivity index (χ3n) is 8.64. The SMILES string of the molecule is COCC(=S)NC1SC2=C(CC(C)(C(=O)O)C2)C1(C)C(=O)O.COCc1nnc(C)n1-c1sc2c(c1C(=O)OC)CC(C(=O)OC)C2. The molecular formula is C30H38N4O10S3. The molecule has 0 radical (unpaired) electrons. The van der Waals surface area contributed by atoms with E-state index in [0.717, 1.165) is 15.3 Å². The second-order valence-electron chi connectivity index (χ2n) is 11.9. The number of carboxylic acid groups (broad SMARTS) is 2. The minimum absolute atomic E-state index is 0.222. The van der Waals surface area contributed by atoms with Gasteiger partial charge in [0.2, 0.25) is 0 Å². The molecule has 3 N–H and O–H groups in total. The Hall–Kier alpha value is -3.38. The minimum atomic E-state index is -1.18. The first-order valence-electron chi connectivity index (χ1n) is 14.5. The van der Waals surface area contributed by atoms with Crippen LogP contribution in [-0.2, 0) is 52.8 Å². The van der Waals surface area contributed by atoms with E-state index >= 15 is 0 Å². The summed E-state index contributed by atoms with van der Waals surface area (Å²) >= 11 is 7.97. The first kappa shape index (κ1) is 36.5. The third kappa shape index (κ3) is 6.81. The van der Waals surface area contributed by atoms with E-state index < -0.39 is 34.1 Å². The molecular weight excluding hydrogens is 673 g/mol. The summed E-state index contributed by atoms with van der Waals surface area (Å²) in [6.07, 6.45) is 1.63. The van der Waals surface area contributed by atoms with E-state index in [1.54, 1.807) is 21.0 Å². The minimum Gasteiger partial charge on any atom is -0.481 e. The predicted octanol–water partition coefficient (Wildman–Crippen LogP) is 3.31. The lowest BCUT2D eigenvalue weighted by Crippen LogP contribution is -2.48. The Bertz CT molecular complexity index is 1640. The predicted molar refractivity (Wildman–Crippen MR) is 176 cm³/mol. The zero-order valence-corrected chi connectivity index (χ0v) is 29.6. The Morgan fingerprint density at radius 3 is 2.30 bits per heavy atom. The summed E-state index contributed by atoms with van der Waals surface area (Å²) in [6.45, 7) is 5.60. The molecule has 0 saturated carbocycles. The Labute approximate surface area is 285 Å². The molecule has 1 aliphatic heterocycles. The monoisotopic (exact) mass is 710 g/mol. The molecule has 47 heavy (non-hydrogen) atoms. The molecule has 5 rings (SSSR count). The number of rotatable bonds is 10. The van der Waals surface area contributed by atoms with Gasteiger partial charge in [-0.25, -0.2) is 4.79 Å². The van der Waals surface area contributed by atoms with Gasteiger partial charge in [-0.2, -0.15) is 0 Å². The number of methoxy groups -OCH3 is 4. The highest BCUT2D eigenvalue weighted by Gasteiger charge is 2.58. The molecule has 0 amide bonds. The number of ether oxygens (including phenoxy) is 4. The molecule has 0 saturated heterocycles. The van der Waals surface area contributed by atoms with Crippen molar-refractivity contribution in [3.8, 4) is 5.00 Å². The number of aryl methyl sites for hydroxylation is 1. The molecule has 2 aromatic heterocycles. The van der Waals surface area contributed by atoms with Gasteiger partial charge in [0.1, 0.15) is 27.8 Å². The van der Waals surface area contributed by atoms with E-state index in [9.17, 15) is 29.4 Å². The molecule has 4 unspecified atom stereocenters. The van der Waals surface area contributed by atoms with Crippen molar-refractivity contribution in [2.75, 3.05) is 35.0 Å². The van der Waals surface area contributed by atoms with E-state index in [-0.39, 0.29) is 31.5 Å². The Kier molecular flexibility index (Phi) is 11.2. The summed E-state index contributed by atoms with van der Waals surface area (Å²) in [5, 5.41) is 30.6. The van der Waals surface area contributed by atoms with Crippen molar-refractivity contribution < 1.29 is 48.3 Å². The van der Waals surface area contributed by atoms with Crippen molar-refractivity contribution in [1.82, 2.24) is 20.1 Å². The van der Waals surface area contributed by atoms with Gasteiger partial charge < -0.3 is 34.5 Å². The van der Waals surface area contributed by atoms with Gasteiger partial charge >= 0.3 is 23.9 Å². The van der Waals surface area contributed by atoms with Crippen molar-refractivity contribution in [1.29, 1.82) is 0 Å². The van der Waals surface area contributed by atoms with Crippen molar-refractivity contribution in [3.63, 3.8) is 0 Å². The van der Waals surface area contributed by atoms with Gasteiger partial charge in [0.15, 0.2) is 5.82 Å². The Balaban J connectivity index is 0.000000215. The number of thiophene rings is 1. The van der Waals surface area contributed by atoms with E-state index in [1.165, 1.54) is 44.4 Å². The number of hydrogen-bond acceptors (Lipinski definition) is 13. The standard InChI is InChI=1S/C16H19N3O5S.C14H19NO5S2/c1-8-17-18-12(7-22-2)19(8)14-13(16(21)24-4)10-5-9(15(20)23-3)6-11(10)25-14;1-13(11(16)17)4-7-8(5-13)22-10(14(7,2)12(18)19)15-9(21)6-20-3/h9H,5-7H2,1-4H3;10H,4-6H2,1-3H3,(H,15,21)(H,16,17)(H,18,19). The quantitative estimate of drug-likeness (QED) is 0.240. The number of carbonyl (C=O) groups is 4. The average Bonchev–Trinajstić information content (AvgIpc) is 3.81. The zero-order chi connectivity index (χ0) is 34.8. The summed E-state index contributed by atoms with van der Waals surface area (Å²) in [4.78, 5) is 49.9. The number of aromatic nitrogens is 3. The van der Waals surface area contributed by atoms with E-state index in [0.29, 0.717) is 52.0 Å². The number of fused-ring (bicyclic) bond motifs is 1. The molecule has 14 nitrogen and oxygen atoms in total. The third-order valence-corrected chi connectivity index (χ3v) is 11.6. The largest absolute Gasteiger partial charge is 0.481 e. The van der Waals surface area contributed by atoms with Gasteiger partial charge in [0, 0.05) is 19.1 Å². The van der Waals surface area contributed by atoms with E-state index in [4.69, 9.17) is 31.2 Å². The highest BCUT2D eigenvalue weighted by Crippen LogP contribution is 2.61. The molecule has 0 fully saturated rings. The van der Waals surface area contributed by atoms with Gasteiger partial charge in [0.05, 0.1) is 43.1 Å². The van der Waals surface area contributed by atoms with Crippen molar-refractivity contribution >= 4 is 64.2 Å². The fourth-order valence-electron chi connectivity index (χ4n) is 6.02. The molecule has 3 heterocycles. The Morgan fingerprint density at radius 1 is 1.02 bits per heavy atom. The number of carbonyl (C=O) groups excluding carboxylic acids is 2. The fourth-order valence-corrected chi connectivity index (χ4v) is 9.59. The van der Waals surface area contributed by atoms with Gasteiger partial charge in [-0.15, -0.1) is 33.3 Å². The number of carboxylic acids is 2. The van der Waals surface area contributed by atoms with Gasteiger partial charge in [-0.05, 0) is 62.5 Å². The summed E-state index contributed by atoms with van der Waals surface area (Å²) in [6, 6.07) is 0. The smallest absolute Gasteiger partial charge is 0.341 e. The van der Waals surface area contributed by atoms with Gasteiger partial charge in [-0.3, -0.25) is 19.0 Å². The molecule has 17 heteroatoms. The molecule has 0 bridgehead atoms. The molecule has 256 valence electrons. The number of allylic oxidation sites excluding steroid dienone is 1. The van der Waals surface area contributed by atoms with Gasteiger partial charge in [0.25, 0.3) is 0 Å². The molecule has 0 aromatic carbocycles. The molecule has 2 aliphatic carbocycles. The maximum atomic E-state index is 12.5. The highest BCUT2D eigenvalue weighted by molar-refractivity contribution is 8.04. The first-order valence-corrected chi connectivity index (χ1v) is 16.6. The molecule has 2 aromatic rings. The number of esters is 2. The van der Waals surface area contributed by atoms with Crippen LogP contribution in [0.2, 0.25) is 0 Å². The van der Waals surface area contributed by atoms with E-state index in [2.05, 4.69) is 15.5 Å². The van der Waals surface area contributed by atoms with Crippen molar-refractivity contribution in [2.24, 2.45) is 16.7 Å². The molecule has 4 atom stereocenters. The lowest BCUT2D eigenvalue weighted by atomic mass is 9.77. The molecule has 3 aliphatic rings. The summed E-state index contributed by atoms with van der Waals surface area (Å²) in [5.41, 5.74) is -0.0855. The van der Waals surface area contributed by atoms with Crippen molar-refractivity contribution in [2.45, 2.75) is 58.4 Å². The maximum absolute atomic E-state index is 12.5. The summed E-state index contributed by atoms with van der Waals surface area (Å²) < 4.78 is 21.8. The van der Waals surface area contributed by atoms with Crippen molar-refractivity contribution in [3.05, 3.63) is 38.1 Å². The fraction of sp³-hybridized carbons (Fsp3) is 0.567. The number of nitrogens with zero attached hydrogens (tertiary/aromatic N) is 3. The summed E-state index contributed by atoms with van der Waals surface area (Å²) in [5.74, 6) is -1.57. The summed E-state index contributed by atoms with van der Waals surface area (Å²) in [7, 11) is 5.81. The zero-order valence-electron chi connectivity index (χ0n) is 27.1. The van der Waals surface area contributed by atoms with Crippen LogP contribution in [-0.4, -0.2) is 94.3 Å². The maximum Gasteiger partial charge on any atom is 0.341 e. The number of nitrogens with one attached hydrogen (secondary N) is 1. The highest BCUT2D eigenvalue weighted by atomic mass is 32.2. The lowest BCUT2D eigenvalue weighted by molar-refractivity contribution is -0.149. The van der Waals surface area contributed by atoms with Crippen LogP contribution >= 0.6 is 35.3 Å². The lowest BCUT2D eigenvalue weighted by Gasteiger charge is -2.33.